The summed E-state index contributed by atoms with van der Waals surface area (Å²) in [5.41, 5.74) is 3.04. The zero-order valence-electron chi connectivity index (χ0n) is 12.7. The Hall–Kier alpha value is -2.04. The molecule has 0 aliphatic heterocycles. The molecule has 0 aliphatic rings. The van der Waals surface area contributed by atoms with Crippen LogP contribution in [0.3, 0.4) is 0 Å². The maximum Gasteiger partial charge on any atom is 0.233 e. The number of anilines is 2. The minimum Gasteiger partial charge on any atom is -0.326 e. The first-order valence-electron chi connectivity index (χ1n) is 6.97. The minimum atomic E-state index is -0.484. The molecule has 23 heavy (non-hydrogen) atoms. The van der Waals surface area contributed by atoms with E-state index in [-0.39, 0.29) is 6.42 Å². The molecule has 0 aromatic heterocycles. The van der Waals surface area contributed by atoms with Gasteiger partial charge in [0, 0.05) is 5.69 Å². The van der Waals surface area contributed by atoms with Crippen LogP contribution in [0.4, 0.5) is 11.4 Å². The van der Waals surface area contributed by atoms with Gasteiger partial charge in [-0.05, 0) is 49.2 Å². The largest absolute Gasteiger partial charge is 0.326 e. The van der Waals surface area contributed by atoms with Crippen molar-refractivity contribution in [2.24, 2.45) is 0 Å². The van der Waals surface area contributed by atoms with Crippen LogP contribution in [0.1, 0.15) is 17.5 Å². The van der Waals surface area contributed by atoms with Gasteiger partial charge in [-0.3, -0.25) is 9.59 Å². The lowest BCUT2D eigenvalue weighted by Crippen LogP contribution is -2.21. The monoisotopic (exact) mass is 350 g/mol. The Morgan fingerprint density at radius 1 is 0.913 bits per heavy atom. The molecule has 2 aromatic rings. The van der Waals surface area contributed by atoms with Crippen molar-refractivity contribution in [1.29, 1.82) is 0 Å². The Morgan fingerprint density at radius 2 is 1.43 bits per heavy atom. The Bertz CT molecular complexity index is 720. The first-order valence-corrected chi connectivity index (χ1v) is 7.73. The van der Waals surface area contributed by atoms with E-state index >= 15 is 0 Å². The number of nitrogens with one attached hydrogen (secondary N) is 2. The highest BCUT2D eigenvalue weighted by Crippen LogP contribution is 2.29. The number of carbonyl (C=O) groups excluding carboxylic acids is 2. The second-order valence-corrected chi connectivity index (χ2v) is 6.06. The number of hydrogen-bond donors (Lipinski definition) is 2. The highest BCUT2D eigenvalue weighted by Gasteiger charge is 2.13. The van der Waals surface area contributed by atoms with Crippen molar-refractivity contribution >= 4 is 46.4 Å². The van der Waals surface area contributed by atoms with Gasteiger partial charge in [0.15, 0.2) is 0 Å². The van der Waals surface area contributed by atoms with Gasteiger partial charge in [-0.1, -0.05) is 35.3 Å². The van der Waals surface area contributed by atoms with E-state index in [1.165, 1.54) is 0 Å². The molecular formula is C17H16Cl2N2O2. The van der Waals surface area contributed by atoms with Crippen molar-refractivity contribution in [2.45, 2.75) is 20.3 Å². The molecule has 0 spiro atoms. The van der Waals surface area contributed by atoms with Crippen molar-refractivity contribution in [3.8, 4) is 0 Å². The fraction of sp³-hybridized carbons (Fsp3) is 0.176. The number of benzene rings is 2. The molecule has 2 rings (SSSR count). The molecule has 0 fully saturated rings. The molecule has 0 saturated carbocycles. The Morgan fingerprint density at radius 3 is 2.00 bits per heavy atom. The molecule has 2 N–H and O–H groups in total. The molecule has 0 atom stereocenters. The van der Waals surface area contributed by atoms with Crippen molar-refractivity contribution in [3.63, 3.8) is 0 Å². The number of para-hydroxylation sites is 1. The van der Waals surface area contributed by atoms with Crippen LogP contribution in [0.25, 0.3) is 0 Å². The zero-order chi connectivity index (χ0) is 17.0. The third kappa shape index (κ3) is 4.98. The first kappa shape index (κ1) is 17.3. The summed E-state index contributed by atoms with van der Waals surface area (Å²) in [6.07, 6.45) is -0.325. The van der Waals surface area contributed by atoms with Gasteiger partial charge in [0.1, 0.15) is 6.42 Å². The maximum atomic E-state index is 12.0. The predicted octanol–water partition coefficient (Wildman–Crippen LogP) is 4.58. The molecular weight excluding hydrogens is 335 g/mol. The summed E-state index contributed by atoms with van der Waals surface area (Å²) in [5, 5.41) is 5.90. The van der Waals surface area contributed by atoms with Crippen LogP contribution in [0.2, 0.25) is 10.0 Å². The van der Waals surface area contributed by atoms with Crippen LogP contribution in [-0.4, -0.2) is 11.8 Å². The molecule has 120 valence electrons. The number of aryl methyl sites for hydroxylation is 2. The normalized spacial score (nSPS) is 10.3. The van der Waals surface area contributed by atoms with Gasteiger partial charge < -0.3 is 10.6 Å². The number of carbonyl (C=O) groups is 2. The molecule has 0 saturated heterocycles. The van der Waals surface area contributed by atoms with Crippen LogP contribution in [0.5, 0.6) is 0 Å². The topological polar surface area (TPSA) is 58.2 Å². The van der Waals surface area contributed by atoms with E-state index in [0.29, 0.717) is 21.4 Å². The van der Waals surface area contributed by atoms with E-state index < -0.39 is 11.8 Å². The van der Waals surface area contributed by atoms with Crippen molar-refractivity contribution in [1.82, 2.24) is 0 Å². The lowest BCUT2D eigenvalue weighted by molar-refractivity contribution is -0.123. The minimum absolute atomic E-state index is 0.306. The summed E-state index contributed by atoms with van der Waals surface area (Å²) in [7, 11) is 0. The molecule has 2 amide bonds. The number of halogens is 2. The van der Waals surface area contributed by atoms with Crippen LogP contribution in [0, 0.1) is 13.8 Å². The lowest BCUT2D eigenvalue weighted by atomic mass is 10.1. The zero-order valence-corrected chi connectivity index (χ0v) is 14.3. The summed E-state index contributed by atoms with van der Waals surface area (Å²) in [6.45, 7) is 3.88. The van der Waals surface area contributed by atoms with E-state index in [9.17, 15) is 9.59 Å². The average molecular weight is 351 g/mol. The van der Waals surface area contributed by atoms with Gasteiger partial charge >= 0.3 is 0 Å². The fourth-order valence-electron chi connectivity index (χ4n) is 2.20. The SMILES string of the molecule is Cc1cc(C)cc(NC(=O)CC(=O)Nc2c(Cl)cccc2Cl)c1. The average Bonchev–Trinajstić information content (AvgIpc) is 2.41. The summed E-state index contributed by atoms with van der Waals surface area (Å²) >= 11 is 12.0. The van der Waals surface area contributed by atoms with Gasteiger partial charge in [0.25, 0.3) is 0 Å². The number of hydrogen-bond acceptors (Lipinski definition) is 2. The molecule has 0 bridgehead atoms. The van der Waals surface area contributed by atoms with Crippen molar-refractivity contribution in [3.05, 3.63) is 57.6 Å². The number of rotatable bonds is 4. The molecule has 0 aliphatic carbocycles. The Kier molecular flexibility index (Phi) is 5.64. The molecule has 6 heteroatoms. The van der Waals surface area contributed by atoms with E-state index in [0.717, 1.165) is 11.1 Å². The van der Waals surface area contributed by atoms with Crippen LogP contribution >= 0.6 is 23.2 Å². The standard InChI is InChI=1S/C17H16Cl2N2O2/c1-10-6-11(2)8-12(7-10)20-15(22)9-16(23)21-17-13(18)4-3-5-14(17)19/h3-8H,9H2,1-2H3,(H,20,22)(H,21,23). The smallest absolute Gasteiger partial charge is 0.233 e. The molecule has 4 nitrogen and oxygen atoms in total. The van der Waals surface area contributed by atoms with Crippen LogP contribution in [0.15, 0.2) is 36.4 Å². The van der Waals surface area contributed by atoms with E-state index in [4.69, 9.17) is 23.2 Å². The third-order valence-corrected chi connectivity index (χ3v) is 3.68. The second kappa shape index (κ2) is 7.49. The fourth-order valence-corrected chi connectivity index (χ4v) is 2.69. The van der Waals surface area contributed by atoms with Gasteiger partial charge in [0.05, 0.1) is 15.7 Å². The molecule has 0 unspecified atom stereocenters. The van der Waals surface area contributed by atoms with Crippen molar-refractivity contribution in [2.75, 3.05) is 10.6 Å². The number of amides is 2. The van der Waals surface area contributed by atoms with Gasteiger partial charge in [-0.25, -0.2) is 0 Å². The predicted molar refractivity (Wildman–Crippen MR) is 94.3 cm³/mol. The van der Waals surface area contributed by atoms with E-state index in [2.05, 4.69) is 10.6 Å². The van der Waals surface area contributed by atoms with Crippen LogP contribution in [-0.2, 0) is 9.59 Å². The van der Waals surface area contributed by atoms with E-state index in [1.54, 1.807) is 18.2 Å². The second-order valence-electron chi connectivity index (χ2n) is 5.25. The summed E-state index contributed by atoms with van der Waals surface area (Å²) < 4.78 is 0. The Balaban J connectivity index is 1.98. The lowest BCUT2D eigenvalue weighted by Gasteiger charge is -2.10. The molecule has 0 heterocycles. The van der Waals surface area contributed by atoms with Crippen molar-refractivity contribution < 1.29 is 9.59 Å². The highest BCUT2D eigenvalue weighted by molar-refractivity contribution is 6.39. The maximum absolute atomic E-state index is 12.0. The molecule has 0 radical (unpaired) electrons. The molecule has 2 aromatic carbocycles. The third-order valence-electron chi connectivity index (χ3n) is 3.05. The van der Waals surface area contributed by atoms with Gasteiger partial charge in [0.2, 0.25) is 11.8 Å². The van der Waals surface area contributed by atoms with Gasteiger partial charge in [-0.2, -0.15) is 0 Å². The van der Waals surface area contributed by atoms with E-state index in [1.807, 2.05) is 32.0 Å². The summed E-state index contributed by atoms with van der Waals surface area (Å²) in [5.74, 6) is -0.891. The summed E-state index contributed by atoms with van der Waals surface area (Å²) in [6, 6.07) is 10.6. The Labute approximate surface area is 144 Å². The van der Waals surface area contributed by atoms with Gasteiger partial charge in [-0.15, -0.1) is 0 Å². The summed E-state index contributed by atoms with van der Waals surface area (Å²) in [4.78, 5) is 23.9. The quantitative estimate of drug-likeness (QED) is 0.793. The highest BCUT2D eigenvalue weighted by atomic mass is 35.5. The first-order chi connectivity index (χ1) is 10.8. The van der Waals surface area contributed by atoms with Crippen LogP contribution < -0.4 is 10.6 Å².